The number of carbonyl (C=O) groups is 2. The minimum atomic E-state index is -4.92. The summed E-state index contributed by atoms with van der Waals surface area (Å²) in [6, 6.07) is 4.48. The molecule has 1 atom stereocenters. The average Bonchev–Trinajstić information content (AvgIpc) is 3.36. The number of nitrogens with zero attached hydrogens (tertiary/aromatic N) is 4. The maximum atomic E-state index is 12.9. The van der Waals surface area contributed by atoms with Gasteiger partial charge in [-0.1, -0.05) is 22.9 Å². The number of halogens is 4. The van der Waals surface area contributed by atoms with Crippen LogP contribution in [-0.2, 0) is 0 Å². The number of amides is 2. The van der Waals surface area contributed by atoms with Crippen molar-refractivity contribution in [2.45, 2.75) is 45.0 Å². The molecule has 0 aliphatic heterocycles. The molecule has 2 amide bonds. The Balaban J connectivity index is 1.59. The van der Waals surface area contributed by atoms with Crippen molar-refractivity contribution in [3.05, 3.63) is 57.3 Å². The molecule has 8 nitrogen and oxygen atoms in total. The molecule has 1 aromatic carbocycles. The molecule has 1 aliphatic rings. The minimum Gasteiger partial charge on any atom is -0.406 e. The van der Waals surface area contributed by atoms with E-state index in [0.29, 0.717) is 28.2 Å². The molecule has 1 fully saturated rings. The van der Waals surface area contributed by atoms with Crippen molar-refractivity contribution < 1.29 is 27.5 Å². The summed E-state index contributed by atoms with van der Waals surface area (Å²) in [7, 11) is 1.70. The molecule has 4 rings (SSSR count). The predicted octanol–water partition coefficient (Wildman–Crippen LogP) is 5.34. The normalized spacial score (nSPS) is 14.4. The Kier molecular flexibility index (Phi) is 7.28. The molecule has 0 saturated heterocycles. The van der Waals surface area contributed by atoms with Crippen molar-refractivity contribution in [2.75, 3.05) is 13.6 Å². The van der Waals surface area contributed by atoms with Crippen LogP contribution in [0.5, 0.6) is 5.75 Å². The second-order valence-electron chi connectivity index (χ2n) is 8.43. The van der Waals surface area contributed by atoms with Crippen LogP contribution in [0.15, 0.2) is 30.5 Å². The molecule has 0 unspecified atom stereocenters. The maximum absolute atomic E-state index is 12.9. The number of thiazole rings is 1. The highest BCUT2D eigenvalue weighted by Crippen LogP contribution is 2.40. The van der Waals surface area contributed by atoms with Crippen LogP contribution in [0.2, 0.25) is 5.02 Å². The first-order valence-corrected chi connectivity index (χ1v) is 12.3. The van der Waals surface area contributed by atoms with Gasteiger partial charge in [0.05, 0.1) is 23.6 Å². The van der Waals surface area contributed by atoms with Gasteiger partial charge in [0, 0.05) is 30.1 Å². The van der Waals surface area contributed by atoms with E-state index in [4.69, 9.17) is 11.6 Å². The van der Waals surface area contributed by atoms with Crippen LogP contribution in [0, 0.1) is 0 Å². The zero-order valence-corrected chi connectivity index (χ0v) is 21.2. The van der Waals surface area contributed by atoms with E-state index in [1.807, 2.05) is 13.0 Å². The van der Waals surface area contributed by atoms with Gasteiger partial charge >= 0.3 is 6.36 Å². The largest absolute Gasteiger partial charge is 0.573 e. The third-order valence-electron chi connectivity index (χ3n) is 5.62. The van der Waals surface area contributed by atoms with Crippen molar-refractivity contribution in [1.29, 1.82) is 0 Å². The summed E-state index contributed by atoms with van der Waals surface area (Å²) in [5, 5.41) is 7.84. The molecule has 36 heavy (non-hydrogen) atoms. The van der Waals surface area contributed by atoms with Crippen LogP contribution in [0.3, 0.4) is 0 Å². The Labute approximate surface area is 214 Å². The Morgan fingerprint density at radius 1 is 1.31 bits per heavy atom. The highest BCUT2D eigenvalue weighted by Gasteiger charge is 2.32. The lowest BCUT2D eigenvalue weighted by Crippen LogP contribution is -2.28. The van der Waals surface area contributed by atoms with E-state index < -0.39 is 24.1 Å². The van der Waals surface area contributed by atoms with E-state index in [-0.39, 0.29) is 16.5 Å². The molecule has 1 N–H and O–H groups in total. The van der Waals surface area contributed by atoms with Crippen LogP contribution in [-0.4, -0.2) is 51.4 Å². The number of benzene rings is 1. The van der Waals surface area contributed by atoms with Crippen molar-refractivity contribution in [3.8, 4) is 10.9 Å². The van der Waals surface area contributed by atoms with Gasteiger partial charge in [0.2, 0.25) is 5.13 Å². The predicted molar refractivity (Wildman–Crippen MR) is 128 cm³/mol. The van der Waals surface area contributed by atoms with Gasteiger partial charge in [-0.25, -0.2) is 9.67 Å². The van der Waals surface area contributed by atoms with Crippen molar-refractivity contribution in [2.24, 2.45) is 0 Å². The summed E-state index contributed by atoms with van der Waals surface area (Å²) in [4.78, 5) is 31.8. The molecule has 192 valence electrons. The summed E-state index contributed by atoms with van der Waals surface area (Å²) >= 11 is 7.09. The number of carbonyl (C=O) groups excluding carboxylic acids is 2. The summed E-state index contributed by atoms with van der Waals surface area (Å²) in [6.45, 7) is 4.15. The molecular weight excluding hydrogens is 519 g/mol. The number of alkyl halides is 3. The Morgan fingerprint density at radius 3 is 2.67 bits per heavy atom. The summed E-state index contributed by atoms with van der Waals surface area (Å²) in [5.41, 5.74) is 1.38. The smallest absolute Gasteiger partial charge is 0.406 e. The first-order chi connectivity index (χ1) is 16.9. The number of ether oxygens (including phenoxy) is 1. The fraction of sp³-hybridized carbons (Fsp3) is 0.391. The maximum Gasteiger partial charge on any atom is 0.573 e. The standard InChI is InChI=1S/C23H23ClF3N5O3S/c1-4-31(3)21(34)19-11-28-22(36-19)32-18(10-17(30-32)13-5-6-13)12(2)29-20(33)14-7-15(24)9-16(8-14)35-23(25,26)27/h7-13H,4-6H2,1-3H3,(H,29,33)/t12-/m0/s1. The van der Waals surface area contributed by atoms with Crippen LogP contribution >= 0.6 is 22.9 Å². The molecule has 2 heterocycles. The zero-order chi connectivity index (χ0) is 26.2. The van der Waals surface area contributed by atoms with Gasteiger partial charge in [0.15, 0.2) is 0 Å². The lowest BCUT2D eigenvalue weighted by Gasteiger charge is -2.16. The lowest BCUT2D eigenvalue weighted by molar-refractivity contribution is -0.274. The van der Waals surface area contributed by atoms with Crippen molar-refractivity contribution >= 4 is 34.8 Å². The Hall–Kier alpha value is -3.12. The number of nitrogens with one attached hydrogen (secondary N) is 1. The number of hydrogen-bond donors (Lipinski definition) is 1. The summed E-state index contributed by atoms with van der Waals surface area (Å²) in [6.07, 6.45) is -1.42. The highest BCUT2D eigenvalue weighted by molar-refractivity contribution is 7.16. The first kappa shape index (κ1) is 26.0. The molecule has 0 radical (unpaired) electrons. The molecule has 0 bridgehead atoms. The molecule has 2 aromatic heterocycles. The lowest BCUT2D eigenvalue weighted by atomic mass is 10.1. The number of rotatable bonds is 8. The average molecular weight is 542 g/mol. The van der Waals surface area contributed by atoms with Crippen LogP contribution in [0.4, 0.5) is 13.2 Å². The quantitative estimate of drug-likeness (QED) is 0.416. The SMILES string of the molecule is CCN(C)C(=O)c1cnc(-n2nc(C3CC3)cc2[C@H](C)NC(=O)c2cc(Cl)cc(OC(F)(F)F)c2)s1. The number of hydrogen-bond acceptors (Lipinski definition) is 6. The fourth-order valence-corrected chi connectivity index (χ4v) is 4.60. The van der Waals surface area contributed by atoms with E-state index in [9.17, 15) is 22.8 Å². The van der Waals surface area contributed by atoms with Crippen LogP contribution in [0.25, 0.3) is 5.13 Å². The summed E-state index contributed by atoms with van der Waals surface area (Å²) < 4.78 is 43.4. The van der Waals surface area contributed by atoms with Gasteiger partial charge < -0.3 is 15.0 Å². The van der Waals surface area contributed by atoms with E-state index >= 15 is 0 Å². The topological polar surface area (TPSA) is 89.4 Å². The molecule has 13 heteroatoms. The fourth-order valence-electron chi connectivity index (χ4n) is 3.49. The first-order valence-electron chi connectivity index (χ1n) is 11.1. The number of aromatic nitrogens is 3. The minimum absolute atomic E-state index is 0.0763. The molecule has 0 spiro atoms. The molecular formula is C23H23ClF3N5O3S. The zero-order valence-electron chi connectivity index (χ0n) is 19.6. The van der Waals surface area contributed by atoms with Gasteiger partial charge in [0.1, 0.15) is 10.6 Å². The van der Waals surface area contributed by atoms with E-state index in [0.717, 1.165) is 30.7 Å². The van der Waals surface area contributed by atoms with Crippen LogP contribution < -0.4 is 10.1 Å². The highest BCUT2D eigenvalue weighted by atomic mass is 35.5. The van der Waals surface area contributed by atoms with Gasteiger partial charge in [-0.2, -0.15) is 5.10 Å². The second-order valence-corrected chi connectivity index (χ2v) is 9.87. The van der Waals surface area contributed by atoms with E-state index in [1.54, 1.807) is 23.6 Å². The molecule has 1 saturated carbocycles. The van der Waals surface area contributed by atoms with E-state index in [1.165, 1.54) is 23.6 Å². The van der Waals surface area contributed by atoms with Gasteiger partial charge in [-0.15, -0.1) is 13.2 Å². The van der Waals surface area contributed by atoms with Crippen molar-refractivity contribution in [1.82, 2.24) is 25.0 Å². The van der Waals surface area contributed by atoms with Gasteiger partial charge in [0.25, 0.3) is 11.8 Å². The Morgan fingerprint density at radius 2 is 2.03 bits per heavy atom. The van der Waals surface area contributed by atoms with Crippen molar-refractivity contribution in [3.63, 3.8) is 0 Å². The third kappa shape index (κ3) is 5.98. The molecule has 3 aromatic rings. The van der Waals surface area contributed by atoms with E-state index in [2.05, 4.69) is 20.1 Å². The summed E-state index contributed by atoms with van der Waals surface area (Å²) in [5.74, 6) is -1.07. The van der Waals surface area contributed by atoms with Crippen LogP contribution in [0.1, 0.15) is 70.1 Å². The van der Waals surface area contributed by atoms with Gasteiger partial charge in [-0.05, 0) is 51.0 Å². The van der Waals surface area contributed by atoms with Gasteiger partial charge in [-0.3, -0.25) is 9.59 Å². The second kappa shape index (κ2) is 10.1. The Bertz CT molecular complexity index is 1290. The third-order valence-corrected chi connectivity index (χ3v) is 6.80. The monoisotopic (exact) mass is 541 g/mol. The molecule has 1 aliphatic carbocycles.